The minimum atomic E-state index is -0.563. The van der Waals surface area contributed by atoms with Gasteiger partial charge in [0.2, 0.25) is 0 Å². The second-order valence-corrected chi connectivity index (χ2v) is 7.99. The number of rotatable bonds is 7. The molecule has 33 heavy (non-hydrogen) atoms. The molecule has 0 atom stereocenters. The summed E-state index contributed by atoms with van der Waals surface area (Å²) in [6, 6.07) is 19.0. The van der Waals surface area contributed by atoms with Crippen molar-refractivity contribution in [3.63, 3.8) is 0 Å². The first kappa shape index (κ1) is 22.7. The molecule has 3 amide bonds. The highest BCUT2D eigenvalue weighted by Crippen LogP contribution is 2.38. The molecule has 0 aliphatic carbocycles. The molecule has 0 aromatic heterocycles. The Hall–Kier alpha value is -3.48. The number of ether oxygens (including phenoxy) is 2. The zero-order chi connectivity index (χ0) is 23.4. The Morgan fingerprint density at radius 2 is 1.76 bits per heavy atom. The number of halogens is 2. The van der Waals surface area contributed by atoms with Gasteiger partial charge in [0, 0.05) is 5.02 Å². The number of hydrogen-bond donors (Lipinski definition) is 1. The fourth-order valence-corrected chi connectivity index (χ4v) is 3.81. The van der Waals surface area contributed by atoms with Gasteiger partial charge >= 0.3 is 6.03 Å². The van der Waals surface area contributed by atoms with Gasteiger partial charge in [0.25, 0.3) is 5.91 Å². The van der Waals surface area contributed by atoms with Gasteiger partial charge in [0.1, 0.15) is 12.3 Å². The van der Waals surface area contributed by atoms with Crippen LogP contribution < -0.4 is 19.7 Å². The molecular formula is C25H20Cl2N2O4. The zero-order valence-corrected chi connectivity index (χ0v) is 19.2. The molecule has 0 bridgehead atoms. The first-order valence-corrected chi connectivity index (χ1v) is 11.0. The number of nitrogens with one attached hydrogen (secondary N) is 1. The van der Waals surface area contributed by atoms with E-state index < -0.39 is 11.9 Å². The summed E-state index contributed by atoms with van der Waals surface area (Å²) in [7, 11) is 0. The predicted molar refractivity (Wildman–Crippen MR) is 129 cm³/mol. The summed E-state index contributed by atoms with van der Waals surface area (Å²) < 4.78 is 11.6. The van der Waals surface area contributed by atoms with Crippen molar-refractivity contribution >= 4 is 46.9 Å². The van der Waals surface area contributed by atoms with Crippen LogP contribution in [0.1, 0.15) is 18.1 Å². The highest BCUT2D eigenvalue weighted by Gasteiger charge is 2.35. The molecule has 0 spiro atoms. The van der Waals surface area contributed by atoms with Gasteiger partial charge in [-0.05, 0) is 54.5 Å². The Morgan fingerprint density at radius 3 is 2.48 bits per heavy atom. The maximum Gasteiger partial charge on any atom is 0.333 e. The Labute approximate surface area is 201 Å². The van der Waals surface area contributed by atoms with Crippen LogP contribution in [0.2, 0.25) is 10.0 Å². The molecule has 1 N–H and O–H groups in total. The van der Waals surface area contributed by atoms with E-state index in [1.165, 1.54) is 0 Å². The largest absolute Gasteiger partial charge is 0.490 e. The molecule has 6 nitrogen and oxygen atoms in total. The van der Waals surface area contributed by atoms with Crippen LogP contribution in [0.25, 0.3) is 6.08 Å². The Morgan fingerprint density at radius 1 is 0.970 bits per heavy atom. The smallest absolute Gasteiger partial charge is 0.333 e. The number of amides is 3. The Bertz CT molecular complexity index is 1230. The molecule has 1 heterocycles. The van der Waals surface area contributed by atoms with Crippen molar-refractivity contribution in [3.8, 4) is 11.5 Å². The second-order valence-electron chi connectivity index (χ2n) is 7.15. The van der Waals surface area contributed by atoms with E-state index in [0.29, 0.717) is 46.0 Å². The number of anilines is 1. The standard InChI is InChI=1S/C25H20Cl2N2O4/c1-2-32-22-13-17(11-20(27)23(22)33-15-16-7-4-3-5-8-16)12-21-24(30)29(25(31)28-21)19-10-6-9-18(26)14-19/h3-14H,2,15H2,1H3,(H,28,31)/b21-12+. The minimum Gasteiger partial charge on any atom is -0.490 e. The molecule has 3 aromatic rings. The van der Waals surface area contributed by atoms with Crippen molar-refractivity contribution in [2.45, 2.75) is 13.5 Å². The number of urea groups is 1. The van der Waals surface area contributed by atoms with Gasteiger partial charge in [-0.25, -0.2) is 9.69 Å². The average Bonchev–Trinajstić information content (AvgIpc) is 3.07. The molecule has 0 radical (unpaired) electrons. The van der Waals surface area contributed by atoms with Crippen molar-refractivity contribution in [3.05, 3.63) is 93.6 Å². The van der Waals surface area contributed by atoms with Gasteiger partial charge in [0.05, 0.1) is 17.3 Å². The van der Waals surface area contributed by atoms with Gasteiger partial charge in [0.15, 0.2) is 11.5 Å². The van der Waals surface area contributed by atoms with Crippen LogP contribution in [-0.2, 0) is 11.4 Å². The molecule has 0 saturated carbocycles. The van der Waals surface area contributed by atoms with Gasteiger partial charge in [-0.2, -0.15) is 0 Å². The van der Waals surface area contributed by atoms with E-state index >= 15 is 0 Å². The van der Waals surface area contributed by atoms with Gasteiger partial charge in [-0.3, -0.25) is 4.79 Å². The average molecular weight is 483 g/mol. The predicted octanol–water partition coefficient (Wildman–Crippen LogP) is 6.07. The van der Waals surface area contributed by atoms with Crippen LogP contribution in [0.15, 0.2) is 72.4 Å². The van der Waals surface area contributed by atoms with Gasteiger partial charge in [-0.1, -0.05) is 59.6 Å². The summed E-state index contributed by atoms with van der Waals surface area (Å²) in [5.41, 5.74) is 2.05. The summed E-state index contributed by atoms with van der Waals surface area (Å²) in [5.74, 6) is 0.351. The van der Waals surface area contributed by atoms with Crippen LogP contribution in [0.4, 0.5) is 10.5 Å². The maximum atomic E-state index is 12.9. The number of carbonyl (C=O) groups is 2. The lowest BCUT2D eigenvalue weighted by molar-refractivity contribution is -0.113. The van der Waals surface area contributed by atoms with Crippen LogP contribution in [-0.4, -0.2) is 18.5 Å². The topological polar surface area (TPSA) is 67.9 Å². The van der Waals surface area contributed by atoms with Crippen LogP contribution >= 0.6 is 23.2 Å². The fraction of sp³-hybridized carbons (Fsp3) is 0.120. The number of carbonyl (C=O) groups excluding carboxylic acids is 2. The van der Waals surface area contributed by atoms with E-state index in [1.54, 1.807) is 42.5 Å². The lowest BCUT2D eigenvalue weighted by atomic mass is 10.1. The second kappa shape index (κ2) is 9.98. The van der Waals surface area contributed by atoms with Crippen molar-refractivity contribution in [1.82, 2.24) is 5.32 Å². The van der Waals surface area contributed by atoms with Crippen LogP contribution in [0, 0.1) is 0 Å². The van der Waals surface area contributed by atoms with Crippen LogP contribution in [0.3, 0.4) is 0 Å². The quantitative estimate of drug-likeness (QED) is 0.327. The van der Waals surface area contributed by atoms with Gasteiger partial charge in [-0.15, -0.1) is 0 Å². The van der Waals surface area contributed by atoms with E-state index in [9.17, 15) is 9.59 Å². The monoisotopic (exact) mass is 482 g/mol. The van der Waals surface area contributed by atoms with E-state index in [-0.39, 0.29) is 5.70 Å². The van der Waals surface area contributed by atoms with Crippen molar-refractivity contribution in [1.29, 1.82) is 0 Å². The van der Waals surface area contributed by atoms with E-state index in [4.69, 9.17) is 32.7 Å². The van der Waals surface area contributed by atoms with Crippen molar-refractivity contribution in [2.75, 3.05) is 11.5 Å². The first-order valence-electron chi connectivity index (χ1n) is 10.2. The highest BCUT2D eigenvalue weighted by atomic mass is 35.5. The van der Waals surface area contributed by atoms with Crippen LogP contribution in [0.5, 0.6) is 11.5 Å². The third-order valence-electron chi connectivity index (χ3n) is 4.81. The Kier molecular flexibility index (Phi) is 6.87. The normalized spacial score (nSPS) is 14.5. The molecule has 0 unspecified atom stereocenters. The maximum absolute atomic E-state index is 12.9. The van der Waals surface area contributed by atoms with Crippen molar-refractivity contribution in [2.24, 2.45) is 0 Å². The third kappa shape index (κ3) is 5.13. The molecule has 3 aromatic carbocycles. The summed E-state index contributed by atoms with van der Waals surface area (Å²) >= 11 is 12.5. The number of benzene rings is 3. The minimum absolute atomic E-state index is 0.108. The number of hydrogen-bond acceptors (Lipinski definition) is 4. The Balaban J connectivity index is 1.61. The zero-order valence-electron chi connectivity index (χ0n) is 17.7. The van der Waals surface area contributed by atoms with Crippen molar-refractivity contribution < 1.29 is 19.1 Å². The molecule has 8 heteroatoms. The van der Waals surface area contributed by atoms with E-state index in [2.05, 4.69) is 5.32 Å². The fourth-order valence-electron chi connectivity index (χ4n) is 3.36. The number of nitrogens with zero attached hydrogens (tertiary/aromatic N) is 1. The molecule has 1 aliphatic rings. The molecule has 1 aliphatic heterocycles. The SMILES string of the molecule is CCOc1cc(/C=C2/NC(=O)N(c3cccc(Cl)c3)C2=O)cc(Cl)c1OCc1ccccc1. The molecule has 1 fully saturated rings. The number of imide groups is 1. The molecule has 4 rings (SSSR count). The summed E-state index contributed by atoms with van der Waals surface area (Å²) in [6.45, 7) is 2.57. The van der Waals surface area contributed by atoms with E-state index in [1.807, 2.05) is 37.3 Å². The lowest BCUT2D eigenvalue weighted by Gasteiger charge is -2.15. The summed E-state index contributed by atoms with van der Waals surface area (Å²) in [6.07, 6.45) is 1.54. The highest BCUT2D eigenvalue weighted by molar-refractivity contribution is 6.33. The van der Waals surface area contributed by atoms with E-state index in [0.717, 1.165) is 10.5 Å². The molecule has 1 saturated heterocycles. The lowest BCUT2D eigenvalue weighted by Crippen LogP contribution is -2.30. The molecular weight excluding hydrogens is 463 g/mol. The van der Waals surface area contributed by atoms with Gasteiger partial charge < -0.3 is 14.8 Å². The molecule has 168 valence electrons. The summed E-state index contributed by atoms with van der Waals surface area (Å²) in [5, 5.41) is 3.34. The summed E-state index contributed by atoms with van der Waals surface area (Å²) in [4.78, 5) is 26.4. The first-order chi connectivity index (χ1) is 16.0. The third-order valence-corrected chi connectivity index (χ3v) is 5.33.